The zero-order valence-electron chi connectivity index (χ0n) is 12.8. The van der Waals surface area contributed by atoms with E-state index in [0.717, 1.165) is 28.0 Å². The highest BCUT2D eigenvalue weighted by Gasteiger charge is 2.17. The van der Waals surface area contributed by atoms with Gasteiger partial charge in [0, 0.05) is 0 Å². The summed E-state index contributed by atoms with van der Waals surface area (Å²) in [4.78, 5) is 0. The summed E-state index contributed by atoms with van der Waals surface area (Å²) >= 11 is 0. The lowest BCUT2D eigenvalue weighted by Gasteiger charge is -2.21. The SMILES string of the molecule is COc1cc(C)c(C(NN)c2ccc(F)c(C)c2)cc1C. The second-order valence-corrected chi connectivity index (χ2v) is 5.29. The number of hydrazine groups is 1. The van der Waals surface area contributed by atoms with Crippen LogP contribution in [0.25, 0.3) is 0 Å². The Bertz CT molecular complexity index is 655. The van der Waals surface area contributed by atoms with Gasteiger partial charge in [0.2, 0.25) is 0 Å². The van der Waals surface area contributed by atoms with Crippen molar-refractivity contribution in [2.45, 2.75) is 26.8 Å². The topological polar surface area (TPSA) is 47.3 Å². The molecule has 0 heterocycles. The first-order chi connectivity index (χ1) is 9.97. The van der Waals surface area contributed by atoms with Gasteiger partial charge >= 0.3 is 0 Å². The minimum absolute atomic E-state index is 0.186. The standard InChI is InChI=1S/C17H21FN2O/c1-10-9-16(21-4)12(3)8-14(10)17(20-19)13-5-6-15(18)11(2)7-13/h5-9,17,20H,19H2,1-4H3. The minimum Gasteiger partial charge on any atom is -0.496 e. The lowest BCUT2D eigenvalue weighted by atomic mass is 9.92. The first-order valence-corrected chi connectivity index (χ1v) is 6.85. The Morgan fingerprint density at radius 1 is 1.05 bits per heavy atom. The van der Waals surface area contributed by atoms with Crippen molar-refractivity contribution in [3.63, 3.8) is 0 Å². The molecule has 0 aliphatic rings. The van der Waals surface area contributed by atoms with Gasteiger partial charge in [0.15, 0.2) is 0 Å². The number of nitrogens with two attached hydrogens (primary N) is 1. The maximum atomic E-state index is 13.4. The van der Waals surface area contributed by atoms with E-state index in [1.807, 2.05) is 26.0 Å². The van der Waals surface area contributed by atoms with Crippen LogP contribution in [0.4, 0.5) is 4.39 Å². The summed E-state index contributed by atoms with van der Waals surface area (Å²) in [6.07, 6.45) is 0. The highest BCUT2D eigenvalue weighted by Crippen LogP contribution is 2.30. The molecule has 0 radical (unpaired) electrons. The number of ether oxygens (including phenoxy) is 1. The number of halogens is 1. The third kappa shape index (κ3) is 3.06. The number of hydrogen-bond donors (Lipinski definition) is 2. The molecule has 0 saturated heterocycles. The summed E-state index contributed by atoms with van der Waals surface area (Å²) < 4.78 is 18.8. The van der Waals surface area contributed by atoms with E-state index in [4.69, 9.17) is 10.6 Å². The molecule has 1 unspecified atom stereocenters. The molecular formula is C17H21FN2O. The molecule has 4 heteroatoms. The highest BCUT2D eigenvalue weighted by molar-refractivity contribution is 5.46. The highest BCUT2D eigenvalue weighted by atomic mass is 19.1. The van der Waals surface area contributed by atoms with E-state index in [2.05, 4.69) is 11.5 Å². The van der Waals surface area contributed by atoms with Crippen LogP contribution in [0.2, 0.25) is 0 Å². The molecule has 3 nitrogen and oxygen atoms in total. The van der Waals surface area contributed by atoms with E-state index in [9.17, 15) is 4.39 Å². The van der Waals surface area contributed by atoms with E-state index in [-0.39, 0.29) is 11.9 Å². The number of rotatable bonds is 4. The molecule has 0 spiro atoms. The van der Waals surface area contributed by atoms with Gasteiger partial charge in [-0.2, -0.15) is 0 Å². The lowest BCUT2D eigenvalue weighted by Crippen LogP contribution is -2.29. The van der Waals surface area contributed by atoms with Crippen LogP contribution in [0.5, 0.6) is 5.75 Å². The number of aryl methyl sites for hydroxylation is 3. The first-order valence-electron chi connectivity index (χ1n) is 6.85. The number of nitrogens with one attached hydrogen (secondary N) is 1. The van der Waals surface area contributed by atoms with Gasteiger partial charge in [-0.1, -0.05) is 18.2 Å². The molecule has 0 fully saturated rings. The number of methoxy groups -OCH3 is 1. The monoisotopic (exact) mass is 288 g/mol. The largest absolute Gasteiger partial charge is 0.496 e. The molecule has 112 valence electrons. The Kier molecular flexibility index (Phi) is 4.60. The van der Waals surface area contributed by atoms with Gasteiger partial charge in [-0.05, 0) is 60.7 Å². The lowest BCUT2D eigenvalue weighted by molar-refractivity contribution is 0.411. The number of hydrogen-bond acceptors (Lipinski definition) is 3. The molecule has 0 aliphatic heterocycles. The van der Waals surface area contributed by atoms with Crippen LogP contribution in [-0.4, -0.2) is 7.11 Å². The average Bonchev–Trinajstić information content (AvgIpc) is 2.46. The van der Waals surface area contributed by atoms with E-state index in [1.54, 1.807) is 20.1 Å². The van der Waals surface area contributed by atoms with Gasteiger partial charge in [0.05, 0.1) is 13.2 Å². The van der Waals surface area contributed by atoms with E-state index in [0.29, 0.717) is 5.56 Å². The summed E-state index contributed by atoms with van der Waals surface area (Å²) in [7, 11) is 1.66. The van der Waals surface area contributed by atoms with E-state index >= 15 is 0 Å². The zero-order chi connectivity index (χ0) is 15.6. The van der Waals surface area contributed by atoms with Crippen LogP contribution in [0.3, 0.4) is 0 Å². The van der Waals surface area contributed by atoms with Crippen LogP contribution >= 0.6 is 0 Å². The Morgan fingerprint density at radius 3 is 2.33 bits per heavy atom. The molecule has 0 aromatic heterocycles. The average molecular weight is 288 g/mol. The van der Waals surface area contributed by atoms with E-state index < -0.39 is 0 Å². The van der Waals surface area contributed by atoms with Crippen molar-refractivity contribution in [1.82, 2.24) is 5.43 Å². The molecule has 2 aromatic rings. The van der Waals surface area contributed by atoms with Crippen molar-refractivity contribution in [3.05, 3.63) is 64.0 Å². The molecule has 1 atom stereocenters. The summed E-state index contributed by atoms with van der Waals surface area (Å²) in [6.45, 7) is 5.75. The summed E-state index contributed by atoms with van der Waals surface area (Å²) in [5.41, 5.74) is 7.53. The van der Waals surface area contributed by atoms with Crippen LogP contribution in [0.1, 0.15) is 33.9 Å². The van der Waals surface area contributed by atoms with Crippen molar-refractivity contribution in [2.24, 2.45) is 5.84 Å². The Balaban J connectivity index is 2.50. The first kappa shape index (κ1) is 15.5. The van der Waals surface area contributed by atoms with Crippen molar-refractivity contribution < 1.29 is 9.13 Å². The Morgan fingerprint density at radius 2 is 1.76 bits per heavy atom. The molecule has 21 heavy (non-hydrogen) atoms. The Hall–Kier alpha value is -1.91. The predicted molar refractivity (Wildman–Crippen MR) is 82.8 cm³/mol. The van der Waals surface area contributed by atoms with Gasteiger partial charge in [-0.25, -0.2) is 9.82 Å². The summed E-state index contributed by atoms with van der Waals surface area (Å²) in [5, 5.41) is 0. The minimum atomic E-state index is -0.211. The summed E-state index contributed by atoms with van der Waals surface area (Å²) in [6, 6.07) is 8.91. The van der Waals surface area contributed by atoms with Crippen LogP contribution < -0.4 is 16.0 Å². The van der Waals surface area contributed by atoms with Gasteiger partial charge in [0.25, 0.3) is 0 Å². The fourth-order valence-electron chi connectivity index (χ4n) is 2.56. The maximum absolute atomic E-state index is 13.4. The third-order valence-corrected chi connectivity index (χ3v) is 3.78. The molecular weight excluding hydrogens is 267 g/mol. The van der Waals surface area contributed by atoms with Crippen LogP contribution in [0, 0.1) is 26.6 Å². The predicted octanol–water partition coefficient (Wildman–Crippen LogP) is 3.31. The summed E-state index contributed by atoms with van der Waals surface area (Å²) in [5.74, 6) is 6.38. The van der Waals surface area contributed by atoms with Crippen LogP contribution in [0.15, 0.2) is 30.3 Å². The molecule has 2 aromatic carbocycles. The normalized spacial score (nSPS) is 12.3. The van der Waals surface area contributed by atoms with Gasteiger partial charge in [-0.15, -0.1) is 0 Å². The van der Waals surface area contributed by atoms with Crippen molar-refractivity contribution in [2.75, 3.05) is 7.11 Å². The van der Waals surface area contributed by atoms with Crippen molar-refractivity contribution >= 4 is 0 Å². The van der Waals surface area contributed by atoms with Gasteiger partial charge < -0.3 is 4.74 Å². The fraction of sp³-hybridized carbons (Fsp3) is 0.294. The molecule has 0 aliphatic carbocycles. The molecule has 3 N–H and O–H groups in total. The third-order valence-electron chi connectivity index (χ3n) is 3.78. The maximum Gasteiger partial charge on any atom is 0.126 e. The Labute approximate surface area is 124 Å². The second kappa shape index (κ2) is 6.24. The van der Waals surface area contributed by atoms with Crippen molar-refractivity contribution in [1.29, 1.82) is 0 Å². The quantitative estimate of drug-likeness (QED) is 0.670. The van der Waals surface area contributed by atoms with Crippen LogP contribution in [-0.2, 0) is 0 Å². The molecule has 0 amide bonds. The fourth-order valence-corrected chi connectivity index (χ4v) is 2.56. The molecule has 2 rings (SSSR count). The van der Waals surface area contributed by atoms with Crippen molar-refractivity contribution in [3.8, 4) is 5.75 Å². The van der Waals surface area contributed by atoms with Gasteiger partial charge in [-0.3, -0.25) is 5.84 Å². The number of benzene rings is 2. The molecule has 0 bridgehead atoms. The zero-order valence-corrected chi connectivity index (χ0v) is 12.8. The van der Waals surface area contributed by atoms with Gasteiger partial charge in [0.1, 0.15) is 11.6 Å². The van der Waals surface area contributed by atoms with E-state index in [1.165, 1.54) is 6.07 Å². The molecule has 0 saturated carbocycles. The smallest absolute Gasteiger partial charge is 0.126 e. The second-order valence-electron chi connectivity index (χ2n) is 5.29.